The smallest absolute Gasteiger partial charge is 0.274 e. The van der Waals surface area contributed by atoms with Crippen LogP contribution >= 0.6 is 0 Å². The van der Waals surface area contributed by atoms with Crippen LogP contribution in [0.4, 0.5) is 11.4 Å². The molecule has 0 radical (unpaired) electrons. The van der Waals surface area contributed by atoms with E-state index in [-0.39, 0.29) is 17.9 Å². The molecule has 9 heteroatoms. The predicted octanol–water partition coefficient (Wildman–Crippen LogP) is 0.987. The summed E-state index contributed by atoms with van der Waals surface area (Å²) in [6.07, 6.45) is 1.49. The molecule has 0 spiro atoms. The van der Waals surface area contributed by atoms with Gasteiger partial charge in [0.25, 0.3) is 5.69 Å². The van der Waals surface area contributed by atoms with Crippen LogP contribution in [0.15, 0.2) is 18.2 Å². The van der Waals surface area contributed by atoms with Crippen LogP contribution in [0, 0.1) is 10.1 Å². The molecule has 1 aromatic rings. The van der Waals surface area contributed by atoms with Gasteiger partial charge in [0.05, 0.1) is 17.7 Å². The van der Waals surface area contributed by atoms with E-state index in [0.717, 1.165) is 10.6 Å². The summed E-state index contributed by atoms with van der Waals surface area (Å²) >= 11 is 0. The van der Waals surface area contributed by atoms with Gasteiger partial charge in [-0.25, -0.2) is 8.42 Å². The largest absolute Gasteiger partial charge is 0.325 e. The molecule has 0 aromatic heterocycles. The molecule has 21 heavy (non-hydrogen) atoms. The highest BCUT2D eigenvalue weighted by molar-refractivity contribution is 7.88. The molecule has 0 fully saturated rings. The number of carbonyl (C=O) groups is 1. The fourth-order valence-corrected chi connectivity index (χ4v) is 1.98. The van der Waals surface area contributed by atoms with Gasteiger partial charge in [0.2, 0.25) is 15.9 Å². The first-order valence-corrected chi connectivity index (χ1v) is 7.98. The molecule has 1 rings (SSSR count). The van der Waals surface area contributed by atoms with Crippen molar-refractivity contribution >= 4 is 27.3 Å². The quantitative estimate of drug-likeness (QED) is 0.621. The molecular weight excluding hydrogens is 298 g/mol. The third-order valence-corrected chi connectivity index (χ3v) is 4.14. The molecule has 1 amide bonds. The van der Waals surface area contributed by atoms with Crippen molar-refractivity contribution in [2.24, 2.45) is 0 Å². The molecule has 1 N–H and O–H groups in total. The summed E-state index contributed by atoms with van der Waals surface area (Å²) in [5.41, 5.74) is 0.740. The van der Waals surface area contributed by atoms with Crippen molar-refractivity contribution in [2.75, 3.05) is 25.2 Å². The van der Waals surface area contributed by atoms with Crippen LogP contribution in [0.1, 0.15) is 12.5 Å². The Labute approximate surface area is 123 Å². The molecule has 0 aliphatic rings. The van der Waals surface area contributed by atoms with Crippen LogP contribution in [0.3, 0.4) is 0 Å². The van der Waals surface area contributed by atoms with Crippen LogP contribution in [-0.4, -0.2) is 43.4 Å². The van der Waals surface area contributed by atoms with Crippen molar-refractivity contribution in [1.29, 1.82) is 0 Å². The van der Waals surface area contributed by atoms with Crippen molar-refractivity contribution in [3.63, 3.8) is 0 Å². The highest BCUT2D eigenvalue weighted by Gasteiger charge is 2.17. The second-order valence-electron chi connectivity index (χ2n) is 4.52. The molecule has 0 atom stereocenters. The summed E-state index contributed by atoms with van der Waals surface area (Å²) < 4.78 is 23.3. The van der Waals surface area contributed by atoms with E-state index in [9.17, 15) is 23.3 Å². The Morgan fingerprint density at radius 1 is 1.43 bits per heavy atom. The van der Waals surface area contributed by atoms with Crippen molar-refractivity contribution in [1.82, 2.24) is 4.31 Å². The Kier molecular flexibility index (Phi) is 5.39. The van der Waals surface area contributed by atoms with Crippen LogP contribution in [0.5, 0.6) is 0 Å². The van der Waals surface area contributed by atoms with Gasteiger partial charge in [0.1, 0.15) is 0 Å². The number of aryl methyl sites for hydroxylation is 1. The number of nitrogens with one attached hydrogen (secondary N) is 1. The normalized spacial score (nSPS) is 11.4. The highest BCUT2D eigenvalue weighted by atomic mass is 32.2. The molecule has 0 saturated carbocycles. The molecular formula is C12H17N3O5S. The minimum absolute atomic E-state index is 0.0771. The van der Waals surface area contributed by atoms with E-state index in [0.29, 0.717) is 12.0 Å². The number of amides is 1. The minimum atomic E-state index is -3.46. The SMILES string of the molecule is CCc1ccc(NC(=O)CN(C)S(C)(=O)=O)cc1[N+](=O)[O-]. The summed E-state index contributed by atoms with van der Waals surface area (Å²) in [4.78, 5) is 22.1. The second-order valence-corrected chi connectivity index (χ2v) is 6.61. The monoisotopic (exact) mass is 315 g/mol. The van der Waals surface area contributed by atoms with Crippen LogP contribution in [-0.2, 0) is 21.2 Å². The number of carbonyl (C=O) groups excluding carboxylic acids is 1. The van der Waals surface area contributed by atoms with E-state index in [4.69, 9.17) is 0 Å². The van der Waals surface area contributed by atoms with Crippen molar-refractivity contribution in [3.05, 3.63) is 33.9 Å². The third-order valence-electron chi connectivity index (χ3n) is 2.88. The Morgan fingerprint density at radius 2 is 2.05 bits per heavy atom. The standard InChI is InChI=1S/C12H17N3O5S/c1-4-9-5-6-10(7-11(9)15(17)18)13-12(16)8-14(2)21(3,19)20/h5-7H,4,8H2,1-3H3,(H,13,16). The van der Waals surface area contributed by atoms with Crippen LogP contribution in [0.25, 0.3) is 0 Å². The zero-order chi connectivity index (χ0) is 16.2. The average Bonchev–Trinajstić information content (AvgIpc) is 2.37. The van der Waals surface area contributed by atoms with Crippen LogP contribution in [0.2, 0.25) is 0 Å². The van der Waals surface area contributed by atoms with Crippen LogP contribution < -0.4 is 5.32 Å². The first-order valence-electron chi connectivity index (χ1n) is 6.13. The zero-order valence-corrected chi connectivity index (χ0v) is 12.8. The van der Waals surface area contributed by atoms with Gasteiger partial charge in [0.15, 0.2) is 0 Å². The predicted molar refractivity (Wildman–Crippen MR) is 78.6 cm³/mol. The van der Waals surface area contributed by atoms with Gasteiger partial charge in [-0.05, 0) is 12.5 Å². The Bertz CT molecular complexity index is 657. The maximum Gasteiger partial charge on any atom is 0.274 e. The summed E-state index contributed by atoms with van der Waals surface area (Å²) in [6, 6.07) is 4.37. The number of rotatable bonds is 6. The van der Waals surface area contributed by atoms with Gasteiger partial charge in [-0.15, -0.1) is 0 Å². The van der Waals surface area contributed by atoms with Gasteiger partial charge in [-0.2, -0.15) is 4.31 Å². The lowest BCUT2D eigenvalue weighted by Crippen LogP contribution is -2.34. The number of nitrogens with zero attached hydrogens (tertiary/aromatic N) is 2. The molecule has 8 nitrogen and oxygen atoms in total. The molecule has 0 saturated heterocycles. The fraction of sp³-hybridized carbons (Fsp3) is 0.417. The van der Waals surface area contributed by atoms with Gasteiger partial charge in [-0.3, -0.25) is 14.9 Å². The van der Waals surface area contributed by atoms with E-state index in [1.54, 1.807) is 19.1 Å². The van der Waals surface area contributed by atoms with E-state index in [1.807, 2.05) is 0 Å². The number of benzene rings is 1. The minimum Gasteiger partial charge on any atom is -0.325 e. The number of nitro groups is 1. The fourth-order valence-electron chi connectivity index (χ4n) is 1.63. The maximum absolute atomic E-state index is 11.7. The summed E-state index contributed by atoms with van der Waals surface area (Å²) in [5, 5.41) is 13.4. The first-order chi connectivity index (χ1) is 9.65. The van der Waals surface area contributed by atoms with Crippen molar-refractivity contribution < 1.29 is 18.1 Å². The van der Waals surface area contributed by atoms with Gasteiger partial charge >= 0.3 is 0 Å². The van der Waals surface area contributed by atoms with Crippen molar-refractivity contribution in [3.8, 4) is 0 Å². The highest BCUT2D eigenvalue weighted by Crippen LogP contribution is 2.23. The number of hydrogen-bond acceptors (Lipinski definition) is 5. The van der Waals surface area contributed by atoms with E-state index in [2.05, 4.69) is 5.32 Å². The summed E-state index contributed by atoms with van der Waals surface area (Å²) in [6.45, 7) is 1.43. The Morgan fingerprint density at radius 3 is 2.52 bits per heavy atom. The number of nitro benzene ring substituents is 1. The zero-order valence-electron chi connectivity index (χ0n) is 12.0. The van der Waals surface area contributed by atoms with E-state index in [1.165, 1.54) is 13.1 Å². The van der Waals surface area contributed by atoms with E-state index < -0.39 is 20.9 Å². The molecule has 116 valence electrons. The summed E-state index contributed by atoms with van der Waals surface area (Å²) in [7, 11) is -2.18. The molecule has 0 bridgehead atoms. The first kappa shape index (κ1) is 17.1. The number of likely N-dealkylation sites (N-methyl/N-ethyl adjacent to an activating group) is 1. The topological polar surface area (TPSA) is 110 Å². The molecule has 0 aliphatic heterocycles. The maximum atomic E-state index is 11.7. The average molecular weight is 315 g/mol. The lowest BCUT2D eigenvalue weighted by Gasteiger charge is -2.13. The van der Waals surface area contributed by atoms with Crippen molar-refractivity contribution in [2.45, 2.75) is 13.3 Å². The number of sulfonamides is 1. The Balaban J connectivity index is 2.87. The second kappa shape index (κ2) is 6.64. The molecule has 1 aromatic carbocycles. The molecule has 0 aliphatic carbocycles. The Hall–Kier alpha value is -2.00. The third kappa shape index (κ3) is 4.80. The van der Waals surface area contributed by atoms with Gasteiger partial charge < -0.3 is 5.32 Å². The number of hydrogen-bond donors (Lipinski definition) is 1. The van der Waals surface area contributed by atoms with Gasteiger partial charge in [0, 0.05) is 24.4 Å². The molecule has 0 heterocycles. The van der Waals surface area contributed by atoms with E-state index >= 15 is 0 Å². The van der Waals surface area contributed by atoms with Gasteiger partial charge in [-0.1, -0.05) is 13.0 Å². The number of anilines is 1. The lowest BCUT2D eigenvalue weighted by molar-refractivity contribution is -0.385. The molecule has 0 unspecified atom stereocenters. The lowest BCUT2D eigenvalue weighted by atomic mass is 10.1. The summed E-state index contributed by atoms with van der Waals surface area (Å²) in [5.74, 6) is -0.568.